The number of carbonyl (C=O) groups is 2. The summed E-state index contributed by atoms with van der Waals surface area (Å²) < 4.78 is 6.76. The number of benzene rings is 3. The van der Waals surface area contributed by atoms with E-state index in [2.05, 4.69) is 21.2 Å². The van der Waals surface area contributed by atoms with E-state index in [4.69, 9.17) is 4.74 Å². The molecule has 3 aromatic rings. The topological polar surface area (TPSA) is 58.6 Å². The molecule has 152 valence electrons. The maximum absolute atomic E-state index is 12.7. The minimum atomic E-state index is -0.385. The third-order valence-electron chi connectivity index (χ3n) is 5.01. The molecule has 0 bridgehead atoms. The Bertz CT molecular complexity index is 1050. The minimum Gasteiger partial charge on any atom is -0.457 e. The Kier molecular flexibility index (Phi) is 5.86. The van der Waals surface area contributed by atoms with Crippen molar-refractivity contribution in [3.05, 3.63) is 82.8 Å². The molecular weight excluding hydrogens is 444 g/mol. The van der Waals surface area contributed by atoms with Gasteiger partial charge in [0.1, 0.15) is 11.5 Å². The molecule has 0 spiro atoms. The summed E-state index contributed by atoms with van der Waals surface area (Å²) in [5.41, 5.74) is 2.64. The van der Waals surface area contributed by atoms with Gasteiger partial charge >= 0.3 is 0 Å². The van der Waals surface area contributed by atoms with Gasteiger partial charge < -0.3 is 15.0 Å². The zero-order valence-corrected chi connectivity index (χ0v) is 18.1. The van der Waals surface area contributed by atoms with Gasteiger partial charge in [-0.15, -0.1) is 0 Å². The van der Waals surface area contributed by atoms with Crippen LogP contribution in [0.4, 0.5) is 11.4 Å². The summed E-state index contributed by atoms with van der Waals surface area (Å²) in [7, 11) is 0. The molecule has 2 amide bonds. The van der Waals surface area contributed by atoms with Crippen LogP contribution in [0.3, 0.4) is 0 Å². The standard InChI is InChI=1S/C24H21BrN2O3/c1-16-2-10-21(11-3-16)30-22-12-6-19(7-13-22)26-24(29)17-14-23(28)27(15-17)20-8-4-18(25)5-9-20/h2-13,17H,14-15H2,1H3,(H,26,29)/t17-/m1/s1. The highest BCUT2D eigenvalue weighted by atomic mass is 79.9. The van der Waals surface area contributed by atoms with Gasteiger partial charge in [-0.3, -0.25) is 9.59 Å². The molecule has 30 heavy (non-hydrogen) atoms. The van der Waals surface area contributed by atoms with Crippen LogP contribution in [0, 0.1) is 12.8 Å². The van der Waals surface area contributed by atoms with Crippen molar-refractivity contribution < 1.29 is 14.3 Å². The summed E-state index contributed by atoms with van der Waals surface area (Å²) in [6, 6.07) is 22.5. The zero-order chi connectivity index (χ0) is 21.1. The maximum Gasteiger partial charge on any atom is 0.229 e. The fraction of sp³-hybridized carbons (Fsp3) is 0.167. The van der Waals surface area contributed by atoms with E-state index in [9.17, 15) is 9.59 Å². The van der Waals surface area contributed by atoms with E-state index in [1.165, 1.54) is 5.56 Å². The van der Waals surface area contributed by atoms with Gasteiger partial charge in [0.25, 0.3) is 0 Å². The van der Waals surface area contributed by atoms with Crippen molar-refractivity contribution in [3.63, 3.8) is 0 Å². The number of hydrogen-bond acceptors (Lipinski definition) is 3. The molecule has 0 radical (unpaired) electrons. The predicted octanol–water partition coefficient (Wildman–Crippen LogP) is 5.54. The molecule has 1 fully saturated rings. The van der Waals surface area contributed by atoms with E-state index in [1.54, 1.807) is 17.0 Å². The molecule has 5 nitrogen and oxygen atoms in total. The molecule has 1 saturated heterocycles. The van der Waals surface area contributed by atoms with Gasteiger partial charge in [-0.2, -0.15) is 0 Å². The lowest BCUT2D eigenvalue weighted by atomic mass is 10.1. The summed E-state index contributed by atoms with van der Waals surface area (Å²) >= 11 is 3.39. The van der Waals surface area contributed by atoms with Crippen LogP contribution in [0.5, 0.6) is 11.5 Å². The van der Waals surface area contributed by atoms with E-state index < -0.39 is 0 Å². The Morgan fingerprint density at radius 1 is 0.967 bits per heavy atom. The number of amides is 2. The normalized spacial score (nSPS) is 15.9. The van der Waals surface area contributed by atoms with Gasteiger partial charge in [-0.1, -0.05) is 33.6 Å². The first-order chi connectivity index (χ1) is 14.5. The van der Waals surface area contributed by atoms with Crippen molar-refractivity contribution in [2.75, 3.05) is 16.8 Å². The zero-order valence-electron chi connectivity index (χ0n) is 16.5. The van der Waals surface area contributed by atoms with Crippen LogP contribution >= 0.6 is 15.9 Å². The molecular formula is C24H21BrN2O3. The fourth-order valence-corrected chi connectivity index (χ4v) is 3.61. The first kappa shape index (κ1) is 20.2. The van der Waals surface area contributed by atoms with Crippen LogP contribution in [0.1, 0.15) is 12.0 Å². The molecule has 0 unspecified atom stereocenters. The number of anilines is 2. The monoisotopic (exact) mass is 464 g/mol. The van der Waals surface area contributed by atoms with Crippen LogP contribution in [0.25, 0.3) is 0 Å². The quantitative estimate of drug-likeness (QED) is 0.538. The lowest BCUT2D eigenvalue weighted by molar-refractivity contribution is -0.122. The van der Waals surface area contributed by atoms with Gasteiger partial charge in [0.05, 0.1) is 5.92 Å². The van der Waals surface area contributed by atoms with E-state index in [1.807, 2.05) is 67.6 Å². The summed E-state index contributed by atoms with van der Waals surface area (Å²) in [6.07, 6.45) is 0.205. The smallest absolute Gasteiger partial charge is 0.229 e. The highest BCUT2D eigenvalue weighted by Crippen LogP contribution is 2.28. The number of nitrogens with one attached hydrogen (secondary N) is 1. The Labute approximate surface area is 183 Å². The molecule has 0 aliphatic carbocycles. The van der Waals surface area contributed by atoms with Gasteiger partial charge in [-0.25, -0.2) is 0 Å². The van der Waals surface area contributed by atoms with Crippen LogP contribution in [-0.2, 0) is 9.59 Å². The minimum absolute atomic E-state index is 0.0423. The predicted molar refractivity (Wildman–Crippen MR) is 121 cm³/mol. The van der Waals surface area contributed by atoms with Gasteiger partial charge in [0, 0.05) is 28.8 Å². The van der Waals surface area contributed by atoms with Crippen LogP contribution < -0.4 is 15.0 Å². The molecule has 0 saturated carbocycles. The molecule has 6 heteroatoms. The van der Waals surface area contributed by atoms with Crippen molar-refractivity contribution in [2.45, 2.75) is 13.3 Å². The summed E-state index contributed by atoms with van der Waals surface area (Å²) in [4.78, 5) is 26.7. The average molecular weight is 465 g/mol. The average Bonchev–Trinajstić information content (AvgIpc) is 3.13. The van der Waals surface area contributed by atoms with Crippen molar-refractivity contribution in [2.24, 2.45) is 5.92 Å². The summed E-state index contributed by atoms with van der Waals surface area (Å²) in [5, 5.41) is 2.90. The summed E-state index contributed by atoms with van der Waals surface area (Å²) in [6.45, 7) is 2.40. The number of hydrogen-bond donors (Lipinski definition) is 1. The van der Waals surface area contributed by atoms with Gasteiger partial charge in [-0.05, 0) is 67.6 Å². The SMILES string of the molecule is Cc1ccc(Oc2ccc(NC(=O)[C@@H]3CC(=O)N(c4ccc(Br)cc4)C3)cc2)cc1. The van der Waals surface area contributed by atoms with Crippen molar-refractivity contribution >= 4 is 39.1 Å². The Morgan fingerprint density at radius 3 is 2.20 bits per heavy atom. The maximum atomic E-state index is 12.7. The molecule has 1 aliphatic rings. The van der Waals surface area contributed by atoms with Crippen molar-refractivity contribution in [1.82, 2.24) is 0 Å². The second-order valence-electron chi connectivity index (χ2n) is 7.31. The number of nitrogens with zero attached hydrogens (tertiary/aromatic N) is 1. The second kappa shape index (κ2) is 8.71. The second-order valence-corrected chi connectivity index (χ2v) is 8.23. The van der Waals surface area contributed by atoms with E-state index in [0.717, 1.165) is 15.9 Å². The van der Waals surface area contributed by atoms with Gasteiger partial charge in [0.2, 0.25) is 11.8 Å². The third-order valence-corrected chi connectivity index (χ3v) is 5.54. The highest BCUT2D eigenvalue weighted by Gasteiger charge is 2.35. The van der Waals surface area contributed by atoms with Crippen LogP contribution in [0.15, 0.2) is 77.3 Å². The number of aryl methyl sites for hydroxylation is 1. The van der Waals surface area contributed by atoms with Crippen molar-refractivity contribution in [3.8, 4) is 11.5 Å². The van der Waals surface area contributed by atoms with Gasteiger partial charge in [0.15, 0.2) is 0 Å². The molecule has 4 rings (SSSR count). The van der Waals surface area contributed by atoms with Crippen LogP contribution in [-0.4, -0.2) is 18.4 Å². The molecule has 1 atom stereocenters. The number of halogens is 1. The first-order valence-corrected chi connectivity index (χ1v) is 10.5. The molecule has 1 aliphatic heterocycles. The number of rotatable bonds is 5. The molecule has 1 N–H and O–H groups in total. The van der Waals surface area contributed by atoms with Crippen molar-refractivity contribution in [1.29, 1.82) is 0 Å². The third kappa shape index (κ3) is 4.71. The molecule has 3 aromatic carbocycles. The summed E-state index contributed by atoms with van der Waals surface area (Å²) in [5.74, 6) is 0.864. The number of ether oxygens (including phenoxy) is 1. The first-order valence-electron chi connectivity index (χ1n) is 9.69. The number of carbonyl (C=O) groups excluding carboxylic acids is 2. The molecule has 1 heterocycles. The van der Waals surface area contributed by atoms with E-state index in [-0.39, 0.29) is 24.2 Å². The Balaban J connectivity index is 1.36. The molecule has 0 aromatic heterocycles. The largest absolute Gasteiger partial charge is 0.457 e. The highest BCUT2D eigenvalue weighted by molar-refractivity contribution is 9.10. The Hall–Kier alpha value is -3.12. The Morgan fingerprint density at radius 2 is 1.57 bits per heavy atom. The van der Waals surface area contributed by atoms with E-state index >= 15 is 0 Å². The lowest BCUT2D eigenvalue weighted by Gasteiger charge is -2.17. The van der Waals surface area contributed by atoms with Crippen LogP contribution in [0.2, 0.25) is 0 Å². The fourth-order valence-electron chi connectivity index (χ4n) is 3.35. The lowest BCUT2D eigenvalue weighted by Crippen LogP contribution is -2.28. The van der Waals surface area contributed by atoms with E-state index in [0.29, 0.717) is 18.0 Å².